The van der Waals surface area contributed by atoms with Crippen molar-refractivity contribution >= 4 is 26.7 Å². The van der Waals surface area contributed by atoms with E-state index in [2.05, 4.69) is 21.2 Å². The fourth-order valence-electron chi connectivity index (χ4n) is 2.34. The summed E-state index contributed by atoms with van der Waals surface area (Å²) in [6, 6.07) is 0. The van der Waals surface area contributed by atoms with E-state index in [-0.39, 0.29) is 5.75 Å². The highest BCUT2D eigenvalue weighted by Gasteiger charge is 2.27. The van der Waals surface area contributed by atoms with Crippen LogP contribution in [-0.4, -0.2) is 54.0 Å². The minimum absolute atomic E-state index is 0.277. The molecular formula is C13H24N4O2S2. The Morgan fingerprint density at radius 3 is 2.43 bits per heavy atom. The molecule has 1 fully saturated rings. The first kappa shape index (κ1) is 16.6. The van der Waals surface area contributed by atoms with E-state index >= 15 is 0 Å². The van der Waals surface area contributed by atoms with E-state index in [1.807, 2.05) is 6.92 Å². The largest absolute Gasteiger partial charge is 0.344 e. The lowest BCUT2D eigenvalue weighted by molar-refractivity contribution is 0.384. The SMILES string of the molecule is CCCCCS(=O)(=O)N1CCN(c2nc(CC)ns2)CC1. The third-order valence-electron chi connectivity index (χ3n) is 3.68. The molecule has 1 aromatic heterocycles. The van der Waals surface area contributed by atoms with E-state index in [0.717, 1.165) is 36.6 Å². The molecule has 0 N–H and O–H groups in total. The third-order valence-corrected chi connectivity index (χ3v) is 6.45. The van der Waals surface area contributed by atoms with Gasteiger partial charge in [-0.05, 0) is 6.42 Å². The van der Waals surface area contributed by atoms with Gasteiger partial charge in [0.15, 0.2) is 0 Å². The van der Waals surface area contributed by atoms with Crippen molar-refractivity contribution in [1.82, 2.24) is 13.7 Å². The second kappa shape index (κ2) is 7.51. The fourth-order valence-corrected chi connectivity index (χ4v) is 4.69. The van der Waals surface area contributed by atoms with Crippen LogP contribution in [0.15, 0.2) is 0 Å². The maximum Gasteiger partial charge on any atom is 0.214 e. The fraction of sp³-hybridized carbons (Fsp3) is 0.846. The van der Waals surface area contributed by atoms with E-state index in [9.17, 15) is 8.42 Å². The number of hydrogen-bond acceptors (Lipinski definition) is 6. The highest BCUT2D eigenvalue weighted by Crippen LogP contribution is 2.20. The van der Waals surface area contributed by atoms with Crippen molar-refractivity contribution in [3.63, 3.8) is 0 Å². The van der Waals surface area contributed by atoms with Gasteiger partial charge in [-0.2, -0.15) is 8.68 Å². The minimum Gasteiger partial charge on any atom is -0.344 e. The summed E-state index contributed by atoms with van der Waals surface area (Å²) >= 11 is 1.40. The predicted molar refractivity (Wildman–Crippen MR) is 86.4 cm³/mol. The van der Waals surface area contributed by atoms with Crippen LogP contribution in [0.4, 0.5) is 5.13 Å². The maximum atomic E-state index is 12.2. The van der Waals surface area contributed by atoms with Crippen molar-refractivity contribution < 1.29 is 8.42 Å². The van der Waals surface area contributed by atoms with Crippen molar-refractivity contribution in [2.75, 3.05) is 36.8 Å². The normalized spacial score (nSPS) is 17.3. The van der Waals surface area contributed by atoms with Crippen LogP contribution in [0.5, 0.6) is 0 Å². The molecule has 120 valence electrons. The summed E-state index contributed by atoms with van der Waals surface area (Å²) in [6.45, 7) is 6.62. The molecule has 0 saturated carbocycles. The number of aryl methyl sites for hydroxylation is 1. The van der Waals surface area contributed by atoms with Gasteiger partial charge in [0.1, 0.15) is 5.82 Å². The highest BCUT2D eigenvalue weighted by atomic mass is 32.2. The maximum absolute atomic E-state index is 12.2. The molecule has 8 heteroatoms. The molecule has 0 radical (unpaired) electrons. The lowest BCUT2D eigenvalue weighted by Gasteiger charge is -2.33. The zero-order chi connectivity index (χ0) is 15.3. The molecule has 0 unspecified atom stereocenters. The molecule has 1 saturated heterocycles. The van der Waals surface area contributed by atoms with Crippen LogP contribution in [0, 0.1) is 0 Å². The van der Waals surface area contributed by atoms with Crippen LogP contribution in [0.3, 0.4) is 0 Å². The van der Waals surface area contributed by atoms with Gasteiger partial charge < -0.3 is 4.90 Å². The summed E-state index contributed by atoms with van der Waals surface area (Å²) < 4.78 is 30.4. The van der Waals surface area contributed by atoms with Gasteiger partial charge in [-0.25, -0.2) is 13.4 Å². The smallest absolute Gasteiger partial charge is 0.214 e. The number of piperazine rings is 1. The second-order valence-electron chi connectivity index (χ2n) is 5.26. The van der Waals surface area contributed by atoms with Crippen molar-refractivity contribution in [3.8, 4) is 0 Å². The van der Waals surface area contributed by atoms with E-state index in [4.69, 9.17) is 0 Å². The van der Waals surface area contributed by atoms with Gasteiger partial charge in [0, 0.05) is 44.1 Å². The van der Waals surface area contributed by atoms with Gasteiger partial charge in [0.2, 0.25) is 15.2 Å². The molecule has 0 atom stereocenters. The molecule has 0 bridgehead atoms. The predicted octanol–water partition coefficient (Wildman–Crippen LogP) is 1.74. The van der Waals surface area contributed by atoms with Crippen LogP contribution < -0.4 is 4.90 Å². The average molecular weight is 332 g/mol. The average Bonchev–Trinajstić information content (AvgIpc) is 2.96. The Labute approximate surface area is 131 Å². The first-order valence-corrected chi connectivity index (χ1v) is 10.0. The molecule has 1 aliphatic heterocycles. The molecule has 2 heterocycles. The Balaban J connectivity index is 1.87. The third kappa shape index (κ3) is 4.37. The Bertz CT molecular complexity index is 536. The summed E-state index contributed by atoms with van der Waals surface area (Å²) in [6.07, 6.45) is 3.61. The van der Waals surface area contributed by atoms with Crippen LogP contribution >= 0.6 is 11.5 Å². The van der Waals surface area contributed by atoms with E-state index in [1.165, 1.54) is 11.5 Å². The molecule has 0 spiro atoms. The Kier molecular flexibility index (Phi) is 5.95. The van der Waals surface area contributed by atoms with Gasteiger partial charge in [0.25, 0.3) is 0 Å². The molecule has 6 nitrogen and oxygen atoms in total. The molecule has 21 heavy (non-hydrogen) atoms. The zero-order valence-corrected chi connectivity index (χ0v) is 14.4. The monoisotopic (exact) mass is 332 g/mol. The zero-order valence-electron chi connectivity index (χ0n) is 12.8. The van der Waals surface area contributed by atoms with E-state index in [1.54, 1.807) is 4.31 Å². The van der Waals surface area contributed by atoms with Gasteiger partial charge >= 0.3 is 0 Å². The number of unbranched alkanes of at least 4 members (excludes halogenated alkanes) is 2. The number of rotatable bonds is 7. The summed E-state index contributed by atoms with van der Waals surface area (Å²) in [5.41, 5.74) is 0. The van der Waals surface area contributed by atoms with Crippen LogP contribution in [0.2, 0.25) is 0 Å². The number of hydrogen-bond donors (Lipinski definition) is 0. The van der Waals surface area contributed by atoms with Gasteiger partial charge in [-0.3, -0.25) is 0 Å². The summed E-state index contributed by atoms with van der Waals surface area (Å²) in [5, 5.41) is 0.912. The van der Waals surface area contributed by atoms with E-state index < -0.39 is 10.0 Å². The van der Waals surface area contributed by atoms with Gasteiger partial charge in [-0.1, -0.05) is 26.7 Å². The molecule has 0 aliphatic carbocycles. The topological polar surface area (TPSA) is 66.4 Å². The standard InChI is InChI=1S/C13H24N4O2S2/c1-3-5-6-11-21(18,19)17-9-7-16(8-10-17)13-14-12(4-2)15-20-13/h3-11H2,1-2H3. The van der Waals surface area contributed by atoms with Crippen LogP contribution in [0.25, 0.3) is 0 Å². The van der Waals surface area contributed by atoms with E-state index in [0.29, 0.717) is 26.2 Å². The molecule has 0 amide bonds. The Morgan fingerprint density at radius 2 is 1.86 bits per heavy atom. The molecule has 2 rings (SSSR count). The first-order valence-electron chi connectivity index (χ1n) is 7.62. The number of nitrogens with zero attached hydrogens (tertiary/aromatic N) is 4. The van der Waals surface area contributed by atoms with Crippen molar-refractivity contribution in [2.24, 2.45) is 0 Å². The summed E-state index contributed by atoms with van der Waals surface area (Å²) in [4.78, 5) is 6.60. The Hall–Kier alpha value is -0.730. The Morgan fingerprint density at radius 1 is 1.14 bits per heavy atom. The van der Waals surface area contributed by atoms with Gasteiger partial charge in [0.05, 0.1) is 5.75 Å². The van der Waals surface area contributed by atoms with Crippen LogP contribution in [-0.2, 0) is 16.4 Å². The number of sulfonamides is 1. The molecular weight excluding hydrogens is 308 g/mol. The number of aromatic nitrogens is 2. The molecule has 1 aliphatic rings. The highest BCUT2D eigenvalue weighted by molar-refractivity contribution is 7.89. The van der Waals surface area contributed by atoms with Crippen molar-refractivity contribution in [3.05, 3.63) is 5.82 Å². The van der Waals surface area contributed by atoms with Crippen molar-refractivity contribution in [2.45, 2.75) is 39.5 Å². The van der Waals surface area contributed by atoms with Crippen LogP contribution in [0.1, 0.15) is 38.9 Å². The summed E-state index contributed by atoms with van der Waals surface area (Å²) in [5.74, 6) is 1.14. The summed E-state index contributed by atoms with van der Waals surface area (Å²) in [7, 11) is -3.09. The van der Waals surface area contributed by atoms with Gasteiger partial charge in [-0.15, -0.1) is 0 Å². The molecule has 1 aromatic rings. The number of anilines is 1. The first-order chi connectivity index (χ1) is 10.1. The minimum atomic E-state index is -3.09. The molecule has 0 aromatic carbocycles. The lowest BCUT2D eigenvalue weighted by Crippen LogP contribution is -2.49. The lowest BCUT2D eigenvalue weighted by atomic mass is 10.3. The second-order valence-corrected chi connectivity index (χ2v) is 8.07. The van der Waals surface area contributed by atoms with Crippen molar-refractivity contribution in [1.29, 1.82) is 0 Å². The quantitative estimate of drug-likeness (QED) is 0.712.